The van der Waals surface area contributed by atoms with Crippen LogP contribution in [-0.4, -0.2) is 11.0 Å². The van der Waals surface area contributed by atoms with E-state index in [0.29, 0.717) is 6.42 Å². The minimum atomic E-state index is -0.579. The average Bonchev–Trinajstić information content (AvgIpc) is 2.26. The Morgan fingerprint density at radius 1 is 1.47 bits per heavy atom. The molecule has 0 spiro atoms. The number of hydrogen-bond donors (Lipinski definition) is 0. The highest BCUT2D eigenvalue weighted by atomic mass is 16.6. The van der Waals surface area contributed by atoms with Crippen molar-refractivity contribution in [2.24, 2.45) is 0 Å². The van der Waals surface area contributed by atoms with E-state index in [9.17, 15) is 10.1 Å². The van der Waals surface area contributed by atoms with Gasteiger partial charge in [-0.1, -0.05) is 43.3 Å². The summed E-state index contributed by atoms with van der Waals surface area (Å²) in [5, 5.41) is 10.9. The fourth-order valence-corrected chi connectivity index (χ4v) is 1.72. The van der Waals surface area contributed by atoms with Gasteiger partial charge in [-0.05, 0) is 5.56 Å². The Kier molecular flexibility index (Phi) is 4.03. The minimum absolute atomic E-state index is 0.203. The van der Waals surface area contributed by atoms with E-state index in [1.165, 1.54) is 0 Å². The van der Waals surface area contributed by atoms with Crippen molar-refractivity contribution in [3.05, 3.63) is 58.7 Å². The van der Waals surface area contributed by atoms with Crippen molar-refractivity contribution in [2.45, 2.75) is 25.3 Å². The van der Waals surface area contributed by atoms with Gasteiger partial charge in [0.2, 0.25) is 6.04 Å². The van der Waals surface area contributed by atoms with Gasteiger partial charge in [0, 0.05) is 11.3 Å². The van der Waals surface area contributed by atoms with Gasteiger partial charge in [0.15, 0.2) is 0 Å². The maximum atomic E-state index is 10.9. The van der Waals surface area contributed by atoms with Gasteiger partial charge in [-0.2, -0.15) is 0 Å². The van der Waals surface area contributed by atoms with Crippen molar-refractivity contribution in [1.29, 1.82) is 0 Å². The zero-order valence-electron chi connectivity index (χ0n) is 8.80. The van der Waals surface area contributed by atoms with Crippen LogP contribution in [-0.2, 0) is 0 Å². The molecule has 2 atom stereocenters. The van der Waals surface area contributed by atoms with Crippen molar-refractivity contribution in [3.63, 3.8) is 0 Å². The molecule has 0 radical (unpaired) electrons. The first kappa shape index (κ1) is 11.4. The van der Waals surface area contributed by atoms with Crippen molar-refractivity contribution >= 4 is 0 Å². The highest BCUT2D eigenvalue weighted by Gasteiger charge is 2.28. The first-order valence-electron chi connectivity index (χ1n) is 5.01. The lowest BCUT2D eigenvalue weighted by molar-refractivity contribution is -0.525. The monoisotopic (exact) mass is 205 g/mol. The zero-order valence-corrected chi connectivity index (χ0v) is 8.80. The van der Waals surface area contributed by atoms with Crippen LogP contribution in [0.15, 0.2) is 43.0 Å². The molecule has 0 fully saturated rings. The standard InChI is InChI=1S/C12H15NO2/c1-3-11(12(4-2)13(14)15)10-8-6-5-7-9-10/h3,5-9,11-12H,1,4H2,2H3. The zero-order chi connectivity index (χ0) is 11.3. The summed E-state index contributed by atoms with van der Waals surface area (Å²) >= 11 is 0. The molecule has 0 N–H and O–H groups in total. The summed E-state index contributed by atoms with van der Waals surface area (Å²) in [7, 11) is 0. The summed E-state index contributed by atoms with van der Waals surface area (Å²) in [6, 6.07) is 8.90. The van der Waals surface area contributed by atoms with Crippen LogP contribution in [0.5, 0.6) is 0 Å². The lowest BCUT2D eigenvalue weighted by Gasteiger charge is -2.16. The van der Waals surface area contributed by atoms with Gasteiger partial charge in [-0.25, -0.2) is 0 Å². The molecule has 0 amide bonds. The van der Waals surface area contributed by atoms with Gasteiger partial charge < -0.3 is 0 Å². The van der Waals surface area contributed by atoms with Crippen molar-refractivity contribution < 1.29 is 4.92 Å². The van der Waals surface area contributed by atoms with Crippen molar-refractivity contribution in [2.75, 3.05) is 0 Å². The predicted molar refractivity (Wildman–Crippen MR) is 60.5 cm³/mol. The van der Waals surface area contributed by atoms with E-state index in [1.807, 2.05) is 37.3 Å². The van der Waals surface area contributed by atoms with Gasteiger partial charge in [0.1, 0.15) is 0 Å². The first-order chi connectivity index (χ1) is 7.20. The lowest BCUT2D eigenvalue weighted by Crippen LogP contribution is -2.25. The molecule has 1 rings (SSSR count). The number of benzene rings is 1. The molecular formula is C12H15NO2. The van der Waals surface area contributed by atoms with E-state index >= 15 is 0 Å². The second-order valence-corrected chi connectivity index (χ2v) is 3.43. The quantitative estimate of drug-likeness (QED) is 0.421. The van der Waals surface area contributed by atoms with E-state index in [4.69, 9.17) is 0 Å². The summed E-state index contributed by atoms with van der Waals surface area (Å²) in [4.78, 5) is 10.6. The number of rotatable bonds is 5. The van der Waals surface area contributed by atoms with E-state index in [1.54, 1.807) is 6.08 Å². The second kappa shape index (κ2) is 5.29. The van der Waals surface area contributed by atoms with Crippen LogP contribution >= 0.6 is 0 Å². The molecule has 0 aromatic heterocycles. The molecular weight excluding hydrogens is 190 g/mol. The van der Waals surface area contributed by atoms with Gasteiger partial charge in [0.05, 0.1) is 5.92 Å². The Morgan fingerprint density at radius 2 is 2.07 bits per heavy atom. The van der Waals surface area contributed by atoms with Crippen LogP contribution in [0.3, 0.4) is 0 Å². The molecule has 0 aliphatic heterocycles. The summed E-state index contributed by atoms with van der Waals surface area (Å²) in [5.41, 5.74) is 0.955. The molecule has 15 heavy (non-hydrogen) atoms. The minimum Gasteiger partial charge on any atom is -0.264 e. The summed E-state index contributed by atoms with van der Waals surface area (Å²) < 4.78 is 0. The largest absolute Gasteiger partial charge is 0.264 e. The molecule has 2 unspecified atom stereocenters. The molecule has 0 bridgehead atoms. The second-order valence-electron chi connectivity index (χ2n) is 3.43. The SMILES string of the molecule is C=CC(c1ccccc1)C(CC)[N+](=O)[O-]. The average molecular weight is 205 g/mol. The smallest absolute Gasteiger partial charge is 0.223 e. The Labute approximate surface area is 89.6 Å². The Morgan fingerprint density at radius 3 is 2.47 bits per heavy atom. The van der Waals surface area contributed by atoms with Crippen LogP contribution in [0.2, 0.25) is 0 Å². The van der Waals surface area contributed by atoms with E-state index in [2.05, 4.69) is 6.58 Å². The molecule has 0 saturated carbocycles. The fourth-order valence-electron chi connectivity index (χ4n) is 1.72. The molecule has 0 saturated heterocycles. The highest BCUT2D eigenvalue weighted by molar-refractivity contribution is 5.24. The van der Waals surface area contributed by atoms with Gasteiger partial charge in [-0.3, -0.25) is 10.1 Å². The molecule has 0 aliphatic carbocycles. The van der Waals surface area contributed by atoms with Crippen LogP contribution in [0, 0.1) is 10.1 Å². The normalized spacial score (nSPS) is 14.2. The third-order valence-corrected chi connectivity index (χ3v) is 2.54. The van der Waals surface area contributed by atoms with E-state index < -0.39 is 6.04 Å². The molecule has 1 aromatic carbocycles. The van der Waals surface area contributed by atoms with Crippen LogP contribution in [0.25, 0.3) is 0 Å². The highest BCUT2D eigenvalue weighted by Crippen LogP contribution is 2.24. The molecule has 3 nitrogen and oxygen atoms in total. The molecule has 0 heterocycles. The van der Waals surface area contributed by atoms with Crippen LogP contribution in [0.4, 0.5) is 0 Å². The van der Waals surface area contributed by atoms with E-state index in [-0.39, 0.29) is 10.8 Å². The third-order valence-electron chi connectivity index (χ3n) is 2.54. The Balaban J connectivity index is 2.97. The predicted octanol–water partition coefficient (Wildman–Crippen LogP) is 3.01. The number of nitrogens with zero attached hydrogens (tertiary/aromatic N) is 1. The maximum absolute atomic E-state index is 10.9. The van der Waals surface area contributed by atoms with Crippen LogP contribution in [0.1, 0.15) is 24.8 Å². The van der Waals surface area contributed by atoms with E-state index in [0.717, 1.165) is 5.56 Å². The third kappa shape index (κ3) is 2.65. The maximum Gasteiger partial charge on any atom is 0.223 e. The topological polar surface area (TPSA) is 43.1 Å². The Bertz CT molecular complexity index is 335. The summed E-state index contributed by atoms with van der Waals surface area (Å²) in [6.45, 7) is 5.51. The molecule has 3 heteroatoms. The van der Waals surface area contributed by atoms with Gasteiger partial charge in [-0.15, -0.1) is 6.58 Å². The molecule has 0 aliphatic rings. The fraction of sp³-hybridized carbons (Fsp3) is 0.333. The van der Waals surface area contributed by atoms with Gasteiger partial charge in [0.25, 0.3) is 0 Å². The first-order valence-corrected chi connectivity index (χ1v) is 5.01. The Hall–Kier alpha value is -1.64. The molecule has 1 aromatic rings. The summed E-state index contributed by atoms with van der Waals surface area (Å²) in [6.07, 6.45) is 2.17. The number of nitro groups is 1. The van der Waals surface area contributed by atoms with Crippen molar-refractivity contribution in [3.8, 4) is 0 Å². The van der Waals surface area contributed by atoms with Gasteiger partial charge >= 0.3 is 0 Å². The molecule has 80 valence electrons. The lowest BCUT2D eigenvalue weighted by atomic mass is 9.90. The number of hydrogen-bond acceptors (Lipinski definition) is 2. The summed E-state index contributed by atoms with van der Waals surface area (Å²) in [5.74, 6) is -0.203. The van der Waals surface area contributed by atoms with Crippen LogP contribution < -0.4 is 0 Å². The van der Waals surface area contributed by atoms with Crippen molar-refractivity contribution in [1.82, 2.24) is 0 Å².